The van der Waals surface area contributed by atoms with Crippen molar-refractivity contribution >= 4 is 5.69 Å². The van der Waals surface area contributed by atoms with Crippen molar-refractivity contribution in [1.29, 1.82) is 0 Å². The molecule has 0 bridgehead atoms. The summed E-state index contributed by atoms with van der Waals surface area (Å²) in [6.07, 6.45) is 0. The first-order chi connectivity index (χ1) is 7.15. The summed E-state index contributed by atoms with van der Waals surface area (Å²) in [5.74, 6) is 0. The van der Waals surface area contributed by atoms with Gasteiger partial charge in [-0.1, -0.05) is 12.1 Å². The monoisotopic (exact) mass is 207 g/mol. The molecule has 0 radical (unpaired) electrons. The number of nitrogen functional groups attached to an aromatic ring is 1. The van der Waals surface area contributed by atoms with E-state index in [2.05, 4.69) is 32.9 Å². The minimum atomic E-state index is 0.848. The molecule has 0 saturated heterocycles. The zero-order valence-electron chi connectivity index (χ0n) is 10.2. The smallest absolute Gasteiger partial charge is 0.104 e. The van der Waals surface area contributed by atoms with Crippen molar-refractivity contribution in [2.24, 2.45) is 0 Å². The van der Waals surface area contributed by atoms with E-state index in [1.54, 1.807) is 0 Å². The lowest BCUT2D eigenvalue weighted by molar-refractivity contribution is -0.936. The predicted molar refractivity (Wildman–Crippen MR) is 66.4 cm³/mol. The molecule has 0 amide bonds. The van der Waals surface area contributed by atoms with Crippen LogP contribution in [0.15, 0.2) is 24.3 Å². The third-order valence-electron chi connectivity index (χ3n) is 3.51. The van der Waals surface area contributed by atoms with Crippen LogP contribution in [0.3, 0.4) is 0 Å². The van der Waals surface area contributed by atoms with Gasteiger partial charge in [0.05, 0.1) is 19.6 Å². The van der Waals surface area contributed by atoms with E-state index in [4.69, 9.17) is 5.73 Å². The van der Waals surface area contributed by atoms with Crippen LogP contribution in [-0.4, -0.2) is 24.1 Å². The van der Waals surface area contributed by atoms with E-state index in [0.29, 0.717) is 0 Å². The maximum Gasteiger partial charge on any atom is 0.104 e. The Kier molecular flexibility index (Phi) is 4.15. The minimum Gasteiger partial charge on any atom is -0.399 e. The summed E-state index contributed by atoms with van der Waals surface area (Å²) in [6.45, 7) is 11.5. The third kappa shape index (κ3) is 2.96. The van der Waals surface area contributed by atoms with Crippen molar-refractivity contribution in [3.8, 4) is 0 Å². The van der Waals surface area contributed by atoms with E-state index in [9.17, 15) is 0 Å². The second kappa shape index (κ2) is 5.17. The summed E-state index contributed by atoms with van der Waals surface area (Å²) in [5, 5.41) is 0. The average Bonchev–Trinajstić information content (AvgIpc) is 2.29. The third-order valence-corrected chi connectivity index (χ3v) is 3.51. The van der Waals surface area contributed by atoms with Crippen molar-refractivity contribution in [2.75, 3.05) is 25.4 Å². The SMILES string of the molecule is CC[N+](CC)(CC)Cc1ccc(N)cc1. The highest BCUT2D eigenvalue weighted by atomic mass is 15.3. The summed E-state index contributed by atoms with van der Waals surface area (Å²) in [6, 6.07) is 8.27. The lowest BCUT2D eigenvalue weighted by Crippen LogP contribution is -2.46. The molecule has 84 valence electrons. The van der Waals surface area contributed by atoms with Gasteiger partial charge in [-0.15, -0.1) is 0 Å². The Labute approximate surface area is 93.3 Å². The van der Waals surface area contributed by atoms with Gasteiger partial charge in [0.15, 0.2) is 0 Å². The Morgan fingerprint density at radius 3 is 1.80 bits per heavy atom. The van der Waals surface area contributed by atoms with Crippen LogP contribution in [0.25, 0.3) is 0 Å². The number of nitrogens with two attached hydrogens (primary N) is 1. The Morgan fingerprint density at radius 2 is 1.40 bits per heavy atom. The van der Waals surface area contributed by atoms with E-state index in [1.165, 1.54) is 25.2 Å². The van der Waals surface area contributed by atoms with Crippen LogP contribution in [0.2, 0.25) is 0 Å². The Morgan fingerprint density at radius 1 is 0.933 bits per heavy atom. The maximum atomic E-state index is 5.68. The number of rotatable bonds is 5. The molecule has 0 aromatic heterocycles. The van der Waals surface area contributed by atoms with Gasteiger partial charge in [0.25, 0.3) is 0 Å². The molecule has 1 aromatic rings. The molecule has 0 spiro atoms. The van der Waals surface area contributed by atoms with Gasteiger partial charge in [-0.25, -0.2) is 0 Å². The Balaban J connectivity index is 2.78. The molecule has 0 aliphatic rings. The zero-order chi connectivity index (χ0) is 11.3. The number of nitrogens with zero attached hydrogens (tertiary/aromatic N) is 1. The van der Waals surface area contributed by atoms with Crippen LogP contribution in [0.1, 0.15) is 26.3 Å². The second-order valence-electron chi connectivity index (χ2n) is 4.19. The minimum absolute atomic E-state index is 0.848. The molecule has 2 nitrogen and oxygen atoms in total. The van der Waals surface area contributed by atoms with Crippen LogP contribution < -0.4 is 5.73 Å². The summed E-state index contributed by atoms with van der Waals surface area (Å²) in [7, 11) is 0. The standard InChI is InChI=1S/C13H23N2/c1-4-15(5-2,6-3)11-12-7-9-13(14)10-8-12/h7-10H,4-6,11,14H2,1-3H3/q+1. The van der Waals surface area contributed by atoms with Gasteiger partial charge in [0, 0.05) is 11.3 Å². The van der Waals surface area contributed by atoms with Crippen LogP contribution in [0.5, 0.6) is 0 Å². The second-order valence-corrected chi connectivity index (χ2v) is 4.19. The summed E-state index contributed by atoms with van der Waals surface area (Å²) < 4.78 is 1.16. The van der Waals surface area contributed by atoms with Crippen LogP contribution in [0.4, 0.5) is 5.69 Å². The van der Waals surface area contributed by atoms with Gasteiger partial charge in [-0.05, 0) is 32.9 Å². The van der Waals surface area contributed by atoms with Crippen molar-refractivity contribution in [1.82, 2.24) is 0 Å². The van der Waals surface area contributed by atoms with Gasteiger partial charge in [0.2, 0.25) is 0 Å². The molecule has 0 heterocycles. The molecule has 1 rings (SSSR count). The van der Waals surface area contributed by atoms with Gasteiger partial charge < -0.3 is 10.2 Å². The quantitative estimate of drug-likeness (QED) is 0.583. The van der Waals surface area contributed by atoms with E-state index >= 15 is 0 Å². The van der Waals surface area contributed by atoms with Gasteiger partial charge >= 0.3 is 0 Å². The number of hydrogen-bond acceptors (Lipinski definition) is 1. The topological polar surface area (TPSA) is 26.0 Å². The highest BCUT2D eigenvalue weighted by Crippen LogP contribution is 2.15. The fraction of sp³-hybridized carbons (Fsp3) is 0.538. The highest BCUT2D eigenvalue weighted by molar-refractivity contribution is 5.39. The molecule has 2 N–H and O–H groups in total. The van der Waals surface area contributed by atoms with Gasteiger partial charge in [-0.3, -0.25) is 0 Å². The van der Waals surface area contributed by atoms with E-state index in [1.807, 2.05) is 12.1 Å². The molecule has 0 fully saturated rings. The first-order valence-electron chi connectivity index (χ1n) is 5.85. The normalized spacial score (nSPS) is 11.7. The van der Waals surface area contributed by atoms with Crippen LogP contribution in [0, 0.1) is 0 Å². The molecule has 0 saturated carbocycles. The molecular weight excluding hydrogens is 184 g/mol. The van der Waals surface area contributed by atoms with Crippen molar-refractivity contribution in [3.63, 3.8) is 0 Å². The molecule has 15 heavy (non-hydrogen) atoms. The van der Waals surface area contributed by atoms with Gasteiger partial charge in [-0.2, -0.15) is 0 Å². The number of quaternary nitrogens is 1. The zero-order valence-corrected chi connectivity index (χ0v) is 10.2. The Hall–Kier alpha value is -1.02. The molecule has 0 aliphatic carbocycles. The number of benzene rings is 1. The summed E-state index contributed by atoms with van der Waals surface area (Å²) >= 11 is 0. The number of anilines is 1. The van der Waals surface area contributed by atoms with Crippen molar-refractivity contribution in [3.05, 3.63) is 29.8 Å². The largest absolute Gasteiger partial charge is 0.399 e. The van der Waals surface area contributed by atoms with E-state index < -0.39 is 0 Å². The maximum absolute atomic E-state index is 5.68. The van der Waals surface area contributed by atoms with Crippen LogP contribution in [-0.2, 0) is 6.54 Å². The number of hydrogen-bond donors (Lipinski definition) is 1. The molecule has 1 aromatic carbocycles. The van der Waals surface area contributed by atoms with Crippen molar-refractivity contribution < 1.29 is 4.48 Å². The van der Waals surface area contributed by atoms with Crippen LogP contribution >= 0.6 is 0 Å². The Bertz CT molecular complexity index is 278. The first-order valence-corrected chi connectivity index (χ1v) is 5.85. The van der Waals surface area contributed by atoms with E-state index in [-0.39, 0.29) is 0 Å². The predicted octanol–water partition coefficient (Wildman–Crippen LogP) is 2.65. The van der Waals surface area contributed by atoms with E-state index in [0.717, 1.165) is 16.7 Å². The lowest BCUT2D eigenvalue weighted by atomic mass is 10.1. The average molecular weight is 207 g/mol. The first kappa shape index (κ1) is 12.1. The molecule has 0 atom stereocenters. The fourth-order valence-electron chi connectivity index (χ4n) is 2.02. The molecular formula is C13H23N2+. The lowest BCUT2D eigenvalue weighted by Gasteiger charge is -2.35. The summed E-state index contributed by atoms with van der Waals surface area (Å²) in [4.78, 5) is 0. The van der Waals surface area contributed by atoms with Crippen molar-refractivity contribution in [2.45, 2.75) is 27.3 Å². The highest BCUT2D eigenvalue weighted by Gasteiger charge is 2.20. The van der Waals surface area contributed by atoms with Gasteiger partial charge in [0.1, 0.15) is 6.54 Å². The fourth-order valence-corrected chi connectivity index (χ4v) is 2.02. The molecule has 0 unspecified atom stereocenters. The molecule has 0 aliphatic heterocycles. The molecule has 2 heteroatoms. The summed E-state index contributed by atoms with van der Waals surface area (Å²) in [5.41, 5.74) is 7.92.